The van der Waals surface area contributed by atoms with E-state index in [2.05, 4.69) is 10.6 Å². The lowest BCUT2D eigenvalue weighted by atomic mass is 10.3. The lowest BCUT2D eigenvalue weighted by Gasteiger charge is -2.17. The number of nitrogens with one attached hydrogen (secondary N) is 2. The minimum atomic E-state index is -3.71. The van der Waals surface area contributed by atoms with Gasteiger partial charge in [-0.05, 0) is 49.5 Å². The third-order valence-electron chi connectivity index (χ3n) is 3.38. The lowest BCUT2D eigenvalue weighted by molar-refractivity contribution is 0.330. The van der Waals surface area contributed by atoms with Crippen molar-refractivity contribution in [2.24, 2.45) is 0 Å². The molecule has 0 aliphatic rings. The van der Waals surface area contributed by atoms with Crippen LogP contribution < -0.4 is 15.4 Å². The largest absolute Gasteiger partial charge is 0.492 e. The number of para-hydroxylation sites is 1. The molecular formula is C17H20FN3O3S2. The quantitative estimate of drug-likeness (QED) is 0.729. The molecule has 2 rings (SSSR count). The molecule has 0 unspecified atom stereocenters. The number of thiocarbonyl (C=S) groups is 1. The summed E-state index contributed by atoms with van der Waals surface area (Å²) >= 11 is 5.17. The predicted octanol–water partition coefficient (Wildman–Crippen LogP) is 3.28. The van der Waals surface area contributed by atoms with Gasteiger partial charge in [-0.3, -0.25) is 0 Å². The summed E-state index contributed by atoms with van der Waals surface area (Å²) in [5.41, 5.74) is 0.653. The van der Waals surface area contributed by atoms with Gasteiger partial charge in [0, 0.05) is 19.8 Å². The molecule has 2 aromatic carbocycles. The average molecular weight is 397 g/mol. The fraction of sp³-hybridized carbons (Fsp3) is 0.235. The molecule has 0 saturated carbocycles. The fourth-order valence-electron chi connectivity index (χ4n) is 2.11. The Morgan fingerprint density at radius 1 is 1.19 bits per heavy atom. The van der Waals surface area contributed by atoms with Crippen LogP contribution in [0.1, 0.15) is 6.92 Å². The van der Waals surface area contributed by atoms with E-state index in [1.54, 1.807) is 37.3 Å². The first-order chi connectivity index (χ1) is 12.3. The van der Waals surface area contributed by atoms with Crippen LogP contribution in [0, 0.1) is 5.82 Å². The predicted molar refractivity (Wildman–Crippen MR) is 105 cm³/mol. The number of nitrogens with zero attached hydrogens (tertiary/aromatic N) is 1. The Labute approximate surface area is 158 Å². The lowest BCUT2D eigenvalue weighted by Crippen LogP contribution is -2.24. The van der Waals surface area contributed by atoms with Crippen LogP contribution in [0.2, 0.25) is 0 Å². The number of benzene rings is 2. The first kappa shape index (κ1) is 20.1. The van der Waals surface area contributed by atoms with Gasteiger partial charge in [0.2, 0.25) is 10.0 Å². The number of hydrogen-bond donors (Lipinski definition) is 2. The van der Waals surface area contributed by atoms with Gasteiger partial charge in [-0.2, -0.15) is 0 Å². The Morgan fingerprint density at radius 3 is 2.50 bits per heavy atom. The smallest absolute Gasteiger partial charge is 0.246 e. The Balaban J connectivity index is 2.27. The molecule has 0 amide bonds. The first-order valence-electron chi connectivity index (χ1n) is 7.77. The van der Waals surface area contributed by atoms with E-state index in [-0.39, 0.29) is 21.4 Å². The van der Waals surface area contributed by atoms with E-state index in [1.165, 1.54) is 26.2 Å². The van der Waals surface area contributed by atoms with Gasteiger partial charge in [-0.25, -0.2) is 17.1 Å². The second kappa shape index (κ2) is 8.43. The normalized spacial score (nSPS) is 11.3. The summed E-state index contributed by atoms with van der Waals surface area (Å²) in [6.45, 7) is 2.10. The molecule has 2 aromatic rings. The molecule has 0 heterocycles. The minimum Gasteiger partial charge on any atom is -0.492 e. The highest BCUT2D eigenvalue weighted by Crippen LogP contribution is 2.29. The third-order valence-corrected chi connectivity index (χ3v) is 5.42. The van der Waals surface area contributed by atoms with Gasteiger partial charge >= 0.3 is 0 Å². The van der Waals surface area contributed by atoms with Crippen LogP contribution >= 0.6 is 12.2 Å². The molecule has 0 fully saturated rings. The average Bonchev–Trinajstić information content (AvgIpc) is 2.58. The molecule has 140 valence electrons. The highest BCUT2D eigenvalue weighted by atomic mass is 32.2. The summed E-state index contributed by atoms with van der Waals surface area (Å²) in [5, 5.41) is 5.72. The zero-order valence-electron chi connectivity index (χ0n) is 14.6. The minimum absolute atomic E-state index is 0.0167. The van der Waals surface area contributed by atoms with Crippen LogP contribution in [-0.4, -0.2) is 38.5 Å². The monoisotopic (exact) mass is 397 g/mol. The van der Waals surface area contributed by atoms with E-state index in [4.69, 9.17) is 17.0 Å². The molecule has 2 N–H and O–H groups in total. The fourth-order valence-corrected chi connectivity index (χ4v) is 3.38. The van der Waals surface area contributed by atoms with E-state index >= 15 is 0 Å². The van der Waals surface area contributed by atoms with Crippen LogP contribution in [0.3, 0.4) is 0 Å². The molecular weight excluding hydrogens is 377 g/mol. The number of hydrogen-bond acceptors (Lipinski definition) is 4. The summed E-state index contributed by atoms with van der Waals surface area (Å²) in [4.78, 5) is 0.0167. The van der Waals surface area contributed by atoms with E-state index in [0.29, 0.717) is 12.3 Å². The number of rotatable bonds is 6. The summed E-state index contributed by atoms with van der Waals surface area (Å²) in [5.74, 6) is -0.195. The van der Waals surface area contributed by atoms with Crippen molar-refractivity contribution in [1.29, 1.82) is 0 Å². The topological polar surface area (TPSA) is 70.7 Å². The van der Waals surface area contributed by atoms with E-state index in [0.717, 1.165) is 4.31 Å². The Kier molecular flexibility index (Phi) is 6.52. The molecule has 0 aliphatic carbocycles. The summed E-state index contributed by atoms with van der Waals surface area (Å²) in [6, 6.07) is 10.7. The third kappa shape index (κ3) is 4.69. The Bertz CT molecular complexity index is 902. The van der Waals surface area contributed by atoms with Gasteiger partial charge in [0.05, 0.1) is 12.3 Å². The van der Waals surface area contributed by atoms with Crippen molar-refractivity contribution in [3.05, 3.63) is 48.3 Å². The highest BCUT2D eigenvalue weighted by molar-refractivity contribution is 7.89. The zero-order valence-corrected chi connectivity index (χ0v) is 16.2. The van der Waals surface area contributed by atoms with Crippen LogP contribution in [0.4, 0.5) is 15.8 Å². The molecule has 0 radical (unpaired) electrons. The SMILES string of the molecule is CCOc1ccc(NC(=S)Nc2ccccc2F)cc1S(=O)(=O)N(C)C. The molecule has 9 heteroatoms. The number of anilines is 2. The Morgan fingerprint density at radius 2 is 1.88 bits per heavy atom. The molecule has 0 saturated heterocycles. The van der Waals surface area contributed by atoms with E-state index in [9.17, 15) is 12.8 Å². The van der Waals surface area contributed by atoms with Gasteiger partial charge in [-0.1, -0.05) is 12.1 Å². The molecule has 26 heavy (non-hydrogen) atoms. The molecule has 0 atom stereocenters. The van der Waals surface area contributed by atoms with Crippen molar-refractivity contribution in [3.8, 4) is 5.75 Å². The van der Waals surface area contributed by atoms with Gasteiger partial charge in [0.1, 0.15) is 16.5 Å². The van der Waals surface area contributed by atoms with Crippen LogP contribution in [0.25, 0.3) is 0 Å². The number of ether oxygens (including phenoxy) is 1. The molecule has 0 aliphatic heterocycles. The molecule has 0 aromatic heterocycles. The van der Waals surface area contributed by atoms with Crippen LogP contribution in [-0.2, 0) is 10.0 Å². The molecule has 6 nitrogen and oxygen atoms in total. The maximum Gasteiger partial charge on any atom is 0.246 e. The van der Waals surface area contributed by atoms with Crippen LogP contribution in [0.15, 0.2) is 47.4 Å². The summed E-state index contributed by atoms with van der Waals surface area (Å²) in [6.07, 6.45) is 0. The second-order valence-electron chi connectivity index (χ2n) is 5.44. The van der Waals surface area contributed by atoms with E-state index < -0.39 is 15.8 Å². The molecule has 0 spiro atoms. The summed E-state index contributed by atoms with van der Waals surface area (Å²) in [7, 11) is -0.829. The van der Waals surface area contributed by atoms with E-state index in [1.807, 2.05) is 0 Å². The van der Waals surface area contributed by atoms with Crippen LogP contribution in [0.5, 0.6) is 5.75 Å². The standard InChI is InChI=1S/C17H20FN3O3S2/c1-4-24-15-10-9-12(11-16(15)26(22,23)21(2)3)19-17(25)20-14-8-6-5-7-13(14)18/h5-11H,4H2,1-3H3,(H2,19,20,25). The van der Waals surface area contributed by atoms with Gasteiger partial charge in [0.25, 0.3) is 0 Å². The second-order valence-corrected chi connectivity index (χ2v) is 7.97. The van der Waals surface area contributed by atoms with Crippen molar-refractivity contribution in [3.63, 3.8) is 0 Å². The number of halogens is 1. The van der Waals surface area contributed by atoms with Crippen molar-refractivity contribution < 1.29 is 17.5 Å². The maximum atomic E-state index is 13.7. The highest BCUT2D eigenvalue weighted by Gasteiger charge is 2.23. The first-order valence-corrected chi connectivity index (χ1v) is 9.62. The van der Waals surface area contributed by atoms with Gasteiger partial charge < -0.3 is 15.4 Å². The van der Waals surface area contributed by atoms with Crippen molar-refractivity contribution in [2.75, 3.05) is 31.3 Å². The van der Waals surface area contributed by atoms with Gasteiger partial charge in [0.15, 0.2) is 5.11 Å². The zero-order chi connectivity index (χ0) is 19.3. The summed E-state index contributed by atoms with van der Waals surface area (Å²) < 4.78 is 45.2. The Hall–Kier alpha value is -2.23. The van der Waals surface area contributed by atoms with Gasteiger partial charge in [-0.15, -0.1) is 0 Å². The maximum absolute atomic E-state index is 13.7. The van der Waals surface area contributed by atoms with Crippen molar-refractivity contribution in [1.82, 2.24) is 4.31 Å². The van der Waals surface area contributed by atoms with Crippen molar-refractivity contribution in [2.45, 2.75) is 11.8 Å². The van der Waals surface area contributed by atoms with Crippen molar-refractivity contribution >= 4 is 38.7 Å². The number of sulfonamides is 1. The molecule has 0 bridgehead atoms.